The minimum Gasteiger partial charge on any atom is -0.488 e. The predicted octanol–water partition coefficient (Wildman–Crippen LogP) is 5.18. The van der Waals surface area contributed by atoms with E-state index < -0.39 is 11.7 Å². The van der Waals surface area contributed by atoms with Crippen LogP contribution in [0.5, 0.6) is 5.75 Å². The maximum Gasteiger partial charge on any atom is 0.419 e. The molecule has 2 aromatic rings. The van der Waals surface area contributed by atoms with Gasteiger partial charge in [-0.1, -0.05) is 28.1 Å². The first-order chi connectivity index (χ1) is 10.7. The Morgan fingerprint density at radius 2 is 1.91 bits per heavy atom. The van der Waals surface area contributed by atoms with E-state index in [4.69, 9.17) is 4.74 Å². The van der Waals surface area contributed by atoms with Crippen molar-refractivity contribution in [2.45, 2.75) is 19.7 Å². The summed E-state index contributed by atoms with van der Waals surface area (Å²) in [6, 6.07) is 8.83. The van der Waals surface area contributed by atoms with E-state index in [2.05, 4.69) is 15.9 Å². The molecule has 0 aromatic heterocycles. The molecule has 0 aliphatic carbocycles. The van der Waals surface area contributed by atoms with Gasteiger partial charge in [-0.25, -0.2) is 0 Å². The fourth-order valence-electron chi connectivity index (χ4n) is 2.13. The van der Waals surface area contributed by atoms with Crippen LogP contribution in [0.15, 0.2) is 40.9 Å². The Hall–Kier alpha value is -1.73. The van der Waals surface area contributed by atoms with Crippen molar-refractivity contribution in [1.82, 2.24) is 0 Å². The van der Waals surface area contributed by atoms with Gasteiger partial charge in [0.15, 0.2) is 0 Å². The molecule has 0 saturated heterocycles. The van der Waals surface area contributed by atoms with Crippen LogP contribution in [-0.4, -0.2) is 12.3 Å². The molecule has 0 unspecified atom stereocenters. The van der Waals surface area contributed by atoms with Crippen LogP contribution in [0.25, 0.3) is 0 Å². The highest BCUT2D eigenvalue weighted by molar-refractivity contribution is 9.10. The zero-order valence-corrected chi connectivity index (χ0v) is 14.1. The molecule has 0 saturated carbocycles. The van der Waals surface area contributed by atoms with Gasteiger partial charge in [0.25, 0.3) is 0 Å². The average molecular weight is 390 g/mol. The number of hydroxylamine groups is 1. The first-order valence-corrected chi connectivity index (χ1v) is 7.50. The van der Waals surface area contributed by atoms with Crippen molar-refractivity contribution in [2.24, 2.45) is 0 Å². The molecular weight excluding hydrogens is 375 g/mol. The van der Waals surface area contributed by atoms with Gasteiger partial charge in [0.05, 0.1) is 11.3 Å². The highest BCUT2D eigenvalue weighted by Gasteiger charge is 2.34. The van der Waals surface area contributed by atoms with E-state index in [1.165, 1.54) is 19.2 Å². The summed E-state index contributed by atoms with van der Waals surface area (Å²) in [5.74, 6) is -0.236. The Morgan fingerprint density at radius 1 is 1.22 bits per heavy atom. The van der Waals surface area contributed by atoms with Gasteiger partial charge in [0, 0.05) is 17.1 Å². The lowest BCUT2D eigenvalue weighted by Gasteiger charge is -2.19. The zero-order chi connectivity index (χ0) is 17.2. The van der Waals surface area contributed by atoms with Gasteiger partial charge in [-0.3, -0.25) is 10.3 Å². The molecule has 0 aliphatic heterocycles. The number of hydrogen-bond donors (Lipinski definition) is 1. The molecule has 2 aromatic carbocycles. The first-order valence-electron chi connectivity index (χ1n) is 6.71. The summed E-state index contributed by atoms with van der Waals surface area (Å²) in [4.78, 5) is 0. The number of alkyl halides is 3. The normalized spacial score (nSPS) is 11.4. The van der Waals surface area contributed by atoms with Gasteiger partial charge in [0.1, 0.15) is 12.4 Å². The Labute approximate surface area is 140 Å². The highest BCUT2D eigenvalue weighted by Crippen LogP contribution is 2.37. The highest BCUT2D eigenvalue weighted by atomic mass is 79.9. The maximum absolute atomic E-state index is 13.1. The number of hydrogen-bond acceptors (Lipinski definition) is 3. The summed E-state index contributed by atoms with van der Waals surface area (Å²) in [6.07, 6.45) is -4.49. The molecule has 0 amide bonds. The fourth-order valence-corrected chi connectivity index (χ4v) is 2.60. The minimum absolute atomic E-state index is 0.117. The Kier molecular flexibility index (Phi) is 5.21. The predicted molar refractivity (Wildman–Crippen MR) is 84.8 cm³/mol. The molecule has 23 heavy (non-hydrogen) atoms. The number of rotatable bonds is 4. The SMILES string of the molecule is Cc1ccc(C(F)(F)F)c(OCc2c(Br)cccc2N(C)O)c1. The van der Waals surface area contributed by atoms with E-state index in [1.807, 2.05) is 0 Å². The second kappa shape index (κ2) is 6.80. The van der Waals surface area contributed by atoms with E-state index >= 15 is 0 Å². The van der Waals surface area contributed by atoms with E-state index in [0.717, 1.165) is 11.1 Å². The molecule has 3 nitrogen and oxygen atoms in total. The average Bonchev–Trinajstić information content (AvgIpc) is 2.44. The number of nitrogens with zero attached hydrogens (tertiary/aromatic N) is 1. The molecule has 2 rings (SSSR count). The molecule has 0 radical (unpaired) electrons. The molecule has 0 aliphatic rings. The topological polar surface area (TPSA) is 32.7 Å². The fraction of sp³-hybridized carbons (Fsp3) is 0.250. The minimum atomic E-state index is -4.49. The number of benzene rings is 2. The number of aryl methyl sites for hydroxylation is 1. The standard InChI is InChI=1S/C16H15BrF3NO2/c1-10-6-7-12(16(18,19)20)15(8-10)23-9-11-13(17)4-3-5-14(11)21(2)22/h3-8,22H,9H2,1-2H3. The third kappa shape index (κ3) is 4.17. The van der Waals surface area contributed by atoms with E-state index in [0.29, 0.717) is 21.3 Å². The molecule has 1 N–H and O–H groups in total. The lowest BCUT2D eigenvalue weighted by molar-refractivity contribution is -0.139. The van der Waals surface area contributed by atoms with Gasteiger partial charge in [-0.15, -0.1) is 0 Å². The summed E-state index contributed by atoms with van der Waals surface area (Å²) < 4.78 is 45.2. The quantitative estimate of drug-likeness (QED) is 0.731. The third-order valence-electron chi connectivity index (χ3n) is 3.26. The monoisotopic (exact) mass is 389 g/mol. The van der Waals surface area contributed by atoms with E-state index in [9.17, 15) is 18.4 Å². The van der Waals surface area contributed by atoms with Crippen LogP contribution in [0.3, 0.4) is 0 Å². The Bertz CT molecular complexity index is 702. The van der Waals surface area contributed by atoms with Crippen molar-refractivity contribution in [2.75, 3.05) is 12.1 Å². The summed E-state index contributed by atoms with van der Waals surface area (Å²) in [5, 5.41) is 10.5. The van der Waals surface area contributed by atoms with Gasteiger partial charge >= 0.3 is 6.18 Å². The molecule has 0 spiro atoms. The van der Waals surface area contributed by atoms with Gasteiger partial charge in [-0.05, 0) is 36.8 Å². The summed E-state index contributed by atoms with van der Waals surface area (Å²) in [5.41, 5.74) is 0.835. The van der Waals surface area contributed by atoms with Gasteiger partial charge in [0.2, 0.25) is 0 Å². The summed E-state index contributed by atoms with van der Waals surface area (Å²) in [7, 11) is 1.43. The number of anilines is 1. The van der Waals surface area contributed by atoms with Crippen LogP contribution in [-0.2, 0) is 12.8 Å². The van der Waals surface area contributed by atoms with Crippen molar-refractivity contribution in [3.63, 3.8) is 0 Å². The Morgan fingerprint density at radius 3 is 2.52 bits per heavy atom. The Balaban J connectivity index is 2.34. The maximum atomic E-state index is 13.1. The number of halogens is 4. The van der Waals surface area contributed by atoms with Crippen molar-refractivity contribution in [3.8, 4) is 5.75 Å². The van der Waals surface area contributed by atoms with Crippen LogP contribution in [0.2, 0.25) is 0 Å². The summed E-state index contributed by atoms with van der Waals surface area (Å²) >= 11 is 3.32. The summed E-state index contributed by atoms with van der Waals surface area (Å²) in [6.45, 7) is 1.58. The van der Waals surface area contributed by atoms with Crippen molar-refractivity contribution in [1.29, 1.82) is 0 Å². The smallest absolute Gasteiger partial charge is 0.419 e. The lowest BCUT2D eigenvalue weighted by Crippen LogP contribution is -2.14. The van der Waals surface area contributed by atoms with E-state index in [1.54, 1.807) is 25.1 Å². The first kappa shape index (κ1) is 17.6. The zero-order valence-electron chi connectivity index (χ0n) is 12.5. The molecule has 7 heteroatoms. The van der Waals surface area contributed by atoms with Crippen LogP contribution in [0.4, 0.5) is 18.9 Å². The van der Waals surface area contributed by atoms with Crippen LogP contribution in [0, 0.1) is 6.92 Å². The molecule has 0 heterocycles. The van der Waals surface area contributed by atoms with Crippen LogP contribution in [0.1, 0.15) is 16.7 Å². The molecule has 0 bridgehead atoms. The van der Waals surface area contributed by atoms with Gasteiger partial charge < -0.3 is 4.74 Å². The number of ether oxygens (including phenoxy) is 1. The lowest BCUT2D eigenvalue weighted by atomic mass is 10.1. The van der Waals surface area contributed by atoms with Crippen LogP contribution < -0.4 is 9.80 Å². The molecular formula is C16H15BrF3NO2. The largest absolute Gasteiger partial charge is 0.488 e. The molecule has 124 valence electrons. The second-order valence-corrected chi connectivity index (χ2v) is 5.90. The van der Waals surface area contributed by atoms with Crippen molar-refractivity contribution >= 4 is 21.6 Å². The van der Waals surface area contributed by atoms with Crippen molar-refractivity contribution in [3.05, 3.63) is 57.6 Å². The van der Waals surface area contributed by atoms with Gasteiger partial charge in [-0.2, -0.15) is 13.2 Å². The second-order valence-electron chi connectivity index (χ2n) is 5.05. The van der Waals surface area contributed by atoms with E-state index in [-0.39, 0.29) is 12.4 Å². The van der Waals surface area contributed by atoms with Crippen LogP contribution >= 0.6 is 15.9 Å². The van der Waals surface area contributed by atoms with Crippen molar-refractivity contribution < 1.29 is 23.1 Å². The molecule has 0 fully saturated rings. The third-order valence-corrected chi connectivity index (χ3v) is 4.00. The molecule has 0 atom stereocenters.